The highest BCUT2D eigenvalue weighted by Crippen LogP contribution is 2.22. The van der Waals surface area contributed by atoms with Crippen molar-refractivity contribution >= 4 is 0 Å². The lowest BCUT2D eigenvalue weighted by atomic mass is 9.99. The van der Waals surface area contributed by atoms with Crippen LogP contribution in [0.1, 0.15) is 26.7 Å². The molecule has 23 heavy (non-hydrogen) atoms. The number of rotatable bonds is 8. The molecular weight excluding hydrogens is 304 g/mol. The van der Waals surface area contributed by atoms with Crippen LogP contribution in [0.3, 0.4) is 0 Å². The summed E-state index contributed by atoms with van der Waals surface area (Å²) >= 11 is 0. The minimum Gasteiger partial charge on any atom is -0.394 e. The van der Waals surface area contributed by atoms with Crippen LogP contribution in [0.15, 0.2) is 24.3 Å². The van der Waals surface area contributed by atoms with Gasteiger partial charge in [0.25, 0.3) is 0 Å². The maximum atomic E-state index is 9.84. The molecule has 134 valence electrons. The second kappa shape index (κ2) is 8.89. The fraction of sp³-hybridized carbons (Fsp3) is 0.750. The van der Waals surface area contributed by atoms with Crippen LogP contribution in [-0.4, -0.2) is 75.1 Å². The molecular formula is C16H28O7. The van der Waals surface area contributed by atoms with Crippen molar-refractivity contribution < 1.29 is 35.0 Å². The van der Waals surface area contributed by atoms with Gasteiger partial charge < -0.3 is 35.0 Å². The largest absolute Gasteiger partial charge is 0.394 e. The molecule has 0 amide bonds. The number of aliphatic hydroxyl groups is 5. The van der Waals surface area contributed by atoms with Crippen molar-refractivity contribution in [3.05, 3.63) is 24.3 Å². The summed E-state index contributed by atoms with van der Waals surface area (Å²) in [5, 5.41) is 48.1. The number of hydrogen-bond donors (Lipinski definition) is 5. The molecule has 0 aromatic rings. The van der Waals surface area contributed by atoms with Gasteiger partial charge in [-0.2, -0.15) is 0 Å². The normalized spacial score (nSPS) is 34.9. The first-order valence-corrected chi connectivity index (χ1v) is 7.65. The molecule has 0 spiro atoms. The highest BCUT2D eigenvalue weighted by molar-refractivity contribution is 5.01. The molecule has 1 aliphatic rings. The molecule has 0 aromatic carbocycles. The minimum atomic E-state index is -1.45. The number of allylic oxidation sites excluding steroid dienone is 1. The van der Waals surface area contributed by atoms with Gasteiger partial charge in [-0.15, -0.1) is 6.58 Å². The molecule has 1 aliphatic heterocycles. The van der Waals surface area contributed by atoms with Crippen molar-refractivity contribution in [2.75, 3.05) is 13.2 Å². The van der Waals surface area contributed by atoms with Crippen LogP contribution >= 0.6 is 0 Å². The molecule has 7 heteroatoms. The SMILES string of the molecule is C=C[C@@](C)(O)CC/C=C(\C)CO[C@H]1O[C@H](CO)[C@@H](O)[C@H](O)[C@H]1O. The summed E-state index contributed by atoms with van der Waals surface area (Å²) in [7, 11) is 0. The van der Waals surface area contributed by atoms with E-state index in [9.17, 15) is 20.4 Å². The van der Waals surface area contributed by atoms with E-state index in [0.717, 1.165) is 5.57 Å². The highest BCUT2D eigenvalue weighted by Gasteiger charge is 2.43. The van der Waals surface area contributed by atoms with E-state index in [1.165, 1.54) is 6.08 Å². The van der Waals surface area contributed by atoms with Gasteiger partial charge in [-0.1, -0.05) is 17.7 Å². The summed E-state index contributed by atoms with van der Waals surface area (Å²) in [6, 6.07) is 0. The first kappa shape index (κ1) is 20.2. The van der Waals surface area contributed by atoms with Crippen LogP contribution < -0.4 is 0 Å². The maximum absolute atomic E-state index is 9.84. The second-order valence-corrected chi connectivity index (χ2v) is 6.16. The lowest BCUT2D eigenvalue weighted by molar-refractivity contribution is -0.299. The van der Waals surface area contributed by atoms with Crippen molar-refractivity contribution in [3.63, 3.8) is 0 Å². The van der Waals surface area contributed by atoms with E-state index in [1.54, 1.807) is 6.92 Å². The molecule has 1 fully saturated rings. The fourth-order valence-electron chi connectivity index (χ4n) is 2.19. The molecule has 0 radical (unpaired) electrons. The third-order valence-corrected chi connectivity index (χ3v) is 3.91. The summed E-state index contributed by atoms with van der Waals surface area (Å²) in [4.78, 5) is 0. The van der Waals surface area contributed by atoms with Crippen LogP contribution in [0, 0.1) is 0 Å². The van der Waals surface area contributed by atoms with Crippen molar-refractivity contribution in [2.45, 2.75) is 63.0 Å². The van der Waals surface area contributed by atoms with E-state index in [4.69, 9.17) is 14.6 Å². The fourth-order valence-corrected chi connectivity index (χ4v) is 2.19. The van der Waals surface area contributed by atoms with Crippen molar-refractivity contribution in [1.82, 2.24) is 0 Å². The zero-order valence-electron chi connectivity index (χ0n) is 13.6. The Bertz CT molecular complexity index is 405. The summed E-state index contributed by atoms with van der Waals surface area (Å²) in [6.07, 6.45) is -1.83. The van der Waals surface area contributed by atoms with Gasteiger partial charge in [0.15, 0.2) is 6.29 Å². The van der Waals surface area contributed by atoms with Crippen molar-refractivity contribution in [1.29, 1.82) is 0 Å². The van der Waals surface area contributed by atoms with E-state index in [2.05, 4.69) is 6.58 Å². The molecule has 1 rings (SSSR count). The van der Waals surface area contributed by atoms with Gasteiger partial charge >= 0.3 is 0 Å². The molecule has 1 saturated heterocycles. The van der Waals surface area contributed by atoms with Gasteiger partial charge in [0.1, 0.15) is 24.4 Å². The Kier molecular flexibility index (Phi) is 7.82. The van der Waals surface area contributed by atoms with E-state index in [1.807, 2.05) is 13.0 Å². The summed E-state index contributed by atoms with van der Waals surface area (Å²) in [5.74, 6) is 0. The summed E-state index contributed by atoms with van der Waals surface area (Å²) in [6.45, 7) is 6.72. The molecule has 0 bridgehead atoms. The molecule has 0 aliphatic carbocycles. The quantitative estimate of drug-likeness (QED) is 0.379. The smallest absolute Gasteiger partial charge is 0.187 e. The average Bonchev–Trinajstić information content (AvgIpc) is 2.52. The third kappa shape index (κ3) is 5.96. The predicted octanol–water partition coefficient (Wildman–Crippen LogP) is -0.534. The van der Waals surface area contributed by atoms with Gasteiger partial charge in [-0.05, 0) is 26.7 Å². The first-order chi connectivity index (χ1) is 10.7. The van der Waals surface area contributed by atoms with Crippen LogP contribution in [0.4, 0.5) is 0 Å². The zero-order chi connectivity index (χ0) is 17.6. The van der Waals surface area contributed by atoms with Crippen LogP contribution in [0.25, 0.3) is 0 Å². The Hall–Kier alpha value is -0.800. The molecule has 5 N–H and O–H groups in total. The lowest BCUT2D eigenvalue weighted by Crippen LogP contribution is -2.59. The number of aliphatic hydroxyl groups excluding tert-OH is 4. The maximum Gasteiger partial charge on any atom is 0.187 e. The second-order valence-electron chi connectivity index (χ2n) is 6.16. The first-order valence-electron chi connectivity index (χ1n) is 7.65. The highest BCUT2D eigenvalue weighted by atomic mass is 16.7. The third-order valence-electron chi connectivity index (χ3n) is 3.91. The van der Waals surface area contributed by atoms with Crippen LogP contribution in [-0.2, 0) is 9.47 Å². The Morgan fingerprint density at radius 2 is 1.91 bits per heavy atom. The topological polar surface area (TPSA) is 120 Å². The zero-order valence-corrected chi connectivity index (χ0v) is 13.6. The van der Waals surface area contributed by atoms with Crippen molar-refractivity contribution in [2.24, 2.45) is 0 Å². The van der Waals surface area contributed by atoms with E-state index < -0.39 is 42.9 Å². The monoisotopic (exact) mass is 332 g/mol. The summed E-state index contributed by atoms with van der Waals surface area (Å²) in [5.41, 5.74) is -0.0589. The lowest BCUT2D eigenvalue weighted by Gasteiger charge is -2.39. The molecule has 7 nitrogen and oxygen atoms in total. The van der Waals surface area contributed by atoms with Gasteiger partial charge in [0.05, 0.1) is 18.8 Å². The Morgan fingerprint density at radius 3 is 2.48 bits per heavy atom. The molecule has 0 aromatic heterocycles. The van der Waals surface area contributed by atoms with E-state index in [-0.39, 0.29) is 6.61 Å². The molecule has 1 heterocycles. The minimum absolute atomic E-state index is 0.152. The molecule has 0 saturated carbocycles. The Morgan fingerprint density at radius 1 is 1.26 bits per heavy atom. The number of ether oxygens (including phenoxy) is 2. The van der Waals surface area contributed by atoms with Gasteiger partial charge in [-0.3, -0.25) is 0 Å². The van der Waals surface area contributed by atoms with E-state index in [0.29, 0.717) is 12.8 Å². The van der Waals surface area contributed by atoms with Gasteiger partial charge in [0.2, 0.25) is 0 Å². The average molecular weight is 332 g/mol. The number of hydrogen-bond acceptors (Lipinski definition) is 7. The van der Waals surface area contributed by atoms with Gasteiger partial charge in [-0.25, -0.2) is 0 Å². The predicted molar refractivity (Wildman–Crippen MR) is 83.5 cm³/mol. The molecule has 6 atom stereocenters. The van der Waals surface area contributed by atoms with Crippen molar-refractivity contribution in [3.8, 4) is 0 Å². The van der Waals surface area contributed by atoms with E-state index >= 15 is 0 Å². The Labute approximate surface area is 136 Å². The molecule has 0 unspecified atom stereocenters. The summed E-state index contributed by atoms with van der Waals surface area (Å²) < 4.78 is 10.7. The van der Waals surface area contributed by atoms with Crippen LogP contribution in [0.5, 0.6) is 0 Å². The Balaban J connectivity index is 2.48. The van der Waals surface area contributed by atoms with Crippen LogP contribution in [0.2, 0.25) is 0 Å². The standard InChI is InChI=1S/C16H28O7/c1-4-16(3,21)7-5-6-10(2)9-22-15-14(20)13(19)12(18)11(8-17)23-15/h4,6,11-15,17-21H,1,5,7-9H2,2-3H3/b10-6+/t11-,12-,13+,14-,15+,16-/m1/s1. The van der Waals surface area contributed by atoms with Gasteiger partial charge in [0, 0.05) is 0 Å².